The van der Waals surface area contributed by atoms with Crippen molar-refractivity contribution in [3.63, 3.8) is 0 Å². The first kappa shape index (κ1) is 15.6. The molecule has 1 aliphatic rings. The van der Waals surface area contributed by atoms with Gasteiger partial charge in [0, 0.05) is 30.4 Å². The van der Waals surface area contributed by atoms with Crippen LogP contribution < -0.4 is 10.2 Å². The molecule has 1 fully saturated rings. The van der Waals surface area contributed by atoms with Crippen molar-refractivity contribution < 1.29 is 4.79 Å². The van der Waals surface area contributed by atoms with Crippen LogP contribution in [0.3, 0.4) is 0 Å². The molecule has 2 aromatic heterocycles. The van der Waals surface area contributed by atoms with E-state index in [1.165, 1.54) is 0 Å². The monoisotopic (exact) mass is 335 g/mol. The highest BCUT2D eigenvalue weighted by atomic mass is 16.1. The van der Waals surface area contributed by atoms with E-state index in [2.05, 4.69) is 25.2 Å². The normalized spacial score (nSPS) is 17.6. The van der Waals surface area contributed by atoms with Gasteiger partial charge in [0.15, 0.2) is 0 Å². The second-order valence-electron chi connectivity index (χ2n) is 6.53. The largest absolute Gasteiger partial charge is 0.355 e. The molecule has 1 aromatic carbocycles. The van der Waals surface area contributed by atoms with Gasteiger partial charge in [0.05, 0.1) is 17.4 Å². The Hall–Kier alpha value is -2.89. The molecule has 0 spiro atoms. The molecule has 25 heavy (non-hydrogen) atoms. The topological polar surface area (TPSA) is 73.9 Å². The van der Waals surface area contributed by atoms with Crippen molar-refractivity contribution in [2.75, 3.05) is 18.0 Å². The molecule has 0 radical (unpaired) electrons. The van der Waals surface area contributed by atoms with Crippen LogP contribution in [-0.4, -0.2) is 40.0 Å². The van der Waals surface area contributed by atoms with Gasteiger partial charge in [0.2, 0.25) is 0 Å². The van der Waals surface area contributed by atoms with E-state index >= 15 is 0 Å². The molecule has 1 aliphatic heterocycles. The van der Waals surface area contributed by atoms with Crippen molar-refractivity contribution in [1.29, 1.82) is 0 Å². The summed E-state index contributed by atoms with van der Waals surface area (Å²) in [5.41, 5.74) is 3.41. The van der Waals surface area contributed by atoms with Crippen LogP contribution in [-0.2, 0) is 0 Å². The number of amides is 1. The number of H-pyrrole nitrogens is 1. The number of carbonyl (C=O) groups excluding carboxylic acids is 1. The summed E-state index contributed by atoms with van der Waals surface area (Å²) in [5.74, 6) is 0.943. The molecular weight excluding hydrogens is 314 g/mol. The van der Waals surface area contributed by atoms with Gasteiger partial charge in [-0.3, -0.25) is 4.79 Å². The van der Waals surface area contributed by atoms with Gasteiger partial charge in [-0.2, -0.15) is 0 Å². The lowest BCUT2D eigenvalue weighted by Gasteiger charge is -2.34. The van der Waals surface area contributed by atoms with Crippen LogP contribution in [0.4, 0.5) is 5.82 Å². The third-order valence-corrected chi connectivity index (χ3v) is 4.64. The number of benzene rings is 1. The average Bonchev–Trinajstić information content (AvgIpc) is 3.09. The number of imidazole rings is 1. The Morgan fingerprint density at radius 1 is 1.32 bits per heavy atom. The second kappa shape index (κ2) is 6.55. The Kier molecular flexibility index (Phi) is 4.09. The minimum absolute atomic E-state index is 0.0412. The van der Waals surface area contributed by atoms with Gasteiger partial charge in [-0.25, -0.2) is 9.97 Å². The number of rotatable bonds is 3. The fourth-order valence-electron chi connectivity index (χ4n) is 3.35. The molecule has 1 saturated heterocycles. The zero-order chi connectivity index (χ0) is 17.2. The lowest BCUT2D eigenvalue weighted by Crippen LogP contribution is -2.48. The Labute approximate surface area is 146 Å². The summed E-state index contributed by atoms with van der Waals surface area (Å²) in [6.07, 6.45) is 3.67. The molecular formula is C19H21N5O. The van der Waals surface area contributed by atoms with Crippen molar-refractivity contribution >= 4 is 22.8 Å². The fourth-order valence-corrected chi connectivity index (χ4v) is 3.35. The highest BCUT2D eigenvalue weighted by Crippen LogP contribution is 2.19. The molecule has 2 N–H and O–H groups in total. The molecule has 6 heteroatoms. The molecule has 3 aromatic rings. The first-order valence-corrected chi connectivity index (χ1v) is 8.62. The number of nitrogens with one attached hydrogen (secondary N) is 2. The first-order valence-electron chi connectivity index (χ1n) is 8.62. The molecule has 1 amide bonds. The number of piperidine rings is 1. The minimum Gasteiger partial charge on any atom is -0.355 e. The third-order valence-electron chi connectivity index (χ3n) is 4.64. The number of hydrogen-bond donors (Lipinski definition) is 2. The quantitative estimate of drug-likeness (QED) is 0.772. The molecule has 0 bridgehead atoms. The van der Waals surface area contributed by atoms with Crippen LogP contribution in [0.1, 0.15) is 28.9 Å². The van der Waals surface area contributed by atoms with E-state index in [1.54, 1.807) is 6.33 Å². The lowest BCUT2D eigenvalue weighted by molar-refractivity contribution is 0.0933. The number of carbonyl (C=O) groups is 1. The van der Waals surface area contributed by atoms with Crippen molar-refractivity contribution in [2.45, 2.75) is 25.8 Å². The molecule has 3 heterocycles. The standard InChI is InChI=1S/C19H21N5O/c1-13-4-2-6-18(22-13)24-9-3-5-15(11-24)23-19(25)14-7-8-16-17(10-14)21-12-20-16/h2,4,6-8,10,12,15H,3,5,9,11H2,1H3,(H,20,21)(H,23,25)/t15-/m0/s1. The van der Waals surface area contributed by atoms with Crippen molar-refractivity contribution in [2.24, 2.45) is 0 Å². The summed E-state index contributed by atoms with van der Waals surface area (Å²) < 4.78 is 0. The van der Waals surface area contributed by atoms with Crippen LogP contribution in [0.2, 0.25) is 0 Å². The number of aromatic amines is 1. The van der Waals surface area contributed by atoms with E-state index < -0.39 is 0 Å². The van der Waals surface area contributed by atoms with Gasteiger partial charge in [-0.15, -0.1) is 0 Å². The summed E-state index contributed by atoms with van der Waals surface area (Å²) in [5, 5.41) is 3.16. The van der Waals surface area contributed by atoms with E-state index in [4.69, 9.17) is 0 Å². The zero-order valence-electron chi connectivity index (χ0n) is 14.2. The summed E-state index contributed by atoms with van der Waals surface area (Å²) in [4.78, 5) is 26.7. The van der Waals surface area contributed by atoms with E-state index in [1.807, 2.05) is 43.3 Å². The Morgan fingerprint density at radius 3 is 3.12 bits per heavy atom. The average molecular weight is 335 g/mol. The second-order valence-corrected chi connectivity index (χ2v) is 6.53. The van der Waals surface area contributed by atoms with Gasteiger partial charge >= 0.3 is 0 Å². The van der Waals surface area contributed by atoms with Crippen LogP contribution >= 0.6 is 0 Å². The molecule has 0 aliphatic carbocycles. The smallest absolute Gasteiger partial charge is 0.251 e. The van der Waals surface area contributed by atoms with Crippen LogP contribution in [0, 0.1) is 6.92 Å². The SMILES string of the molecule is Cc1cccc(N2CCC[C@H](NC(=O)c3ccc4nc[nH]c4c3)C2)n1. The number of nitrogens with zero attached hydrogens (tertiary/aromatic N) is 3. The number of pyridine rings is 1. The molecule has 6 nitrogen and oxygen atoms in total. The highest BCUT2D eigenvalue weighted by molar-refractivity contribution is 5.97. The Balaban J connectivity index is 1.45. The number of aromatic nitrogens is 3. The predicted molar refractivity (Wildman–Crippen MR) is 97.8 cm³/mol. The van der Waals surface area contributed by atoms with Crippen molar-refractivity contribution in [3.8, 4) is 0 Å². The first-order chi connectivity index (χ1) is 12.2. The Morgan fingerprint density at radius 2 is 2.24 bits per heavy atom. The molecule has 0 unspecified atom stereocenters. The fraction of sp³-hybridized carbons (Fsp3) is 0.316. The maximum atomic E-state index is 12.6. The van der Waals surface area contributed by atoms with Crippen LogP contribution in [0.25, 0.3) is 11.0 Å². The highest BCUT2D eigenvalue weighted by Gasteiger charge is 2.23. The molecule has 128 valence electrons. The number of hydrogen-bond acceptors (Lipinski definition) is 4. The minimum atomic E-state index is -0.0412. The van der Waals surface area contributed by atoms with Gasteiger partial charge in [-0.1, -0.05) is 6.07 Å². The van der Waals surface area contributed by atoms with Crippen molar-refractivity contribution in [1.82, 2.24) is 20.3 Å². The zero-order valence-corrected chi connectivity index (χ0v) is 14.2. The predicted octanol–water partition coefficient (Wildman–Crippen LogP) is 2.67. The van der Waals surface area contributed by atoms with Gasteiger partial charge in [-0.05, 0) is 50.1 Å². The number of anilines is 1. The Bertz CT molecular complexity index is 903. The van der Waals surface area contributed by atoms with Crippen molar-refractivity contribution in [3.05, 3.63) is 54.0 Å². The molecule has 1 atom stereocenters. The summed E-state index contributed by atoms with van der Waals surface area (Å²) in [7, 11) is 0. The van der Waals surface area contributed by atoms with Crippen LogP contribution in [0.5, 0.6) is 0 Å². The van der Waals surface area contributed by atoms with Gasteiger partial charge in [0.1, 0.15) is 5.82 Å². The molecule has 0 saturated carbocycles. The number of aryl methyl sites for hydroxylation is 1. The van der Waals surface area contributed by atoms with E-state index in [9.17, 15) is 4.79 Å². The summed E-state index contributed by atoms with van der Waals surface area (Å²) >= 11 is 0. The summed E-state index contributed by atoms with van der Waals surface area (Å²) in [6.45, 7) is 3.76. The lowest BCUT2D eigenvalue weighted by atomic mass is 10.0. The van der Waals surface area contributed by atoms with E-state index in [-0.39, 0.29) is 11.9 Å². The number of fused-ring (bicyclic) bond motifs is 1. The van der Waals surface area contributed by atoms with E-state index in [0.717, 1.165) is 48.5 Å². The van der Waals surface area contributed by atoms with Gasteiger partial charge < -0.3 is 15.2 Å². The van der Waals surface area contributed by atoms with E-state index in [0.29, 0.717) is 5.56 Å². The summed E-state index contributed by atoms with van der Waals surface area (Å²) in [6, 6.07) is 11.7. The maximum Gasteiger partial charge on any atom is 0.251 e. The maximum absolute atomic E-state index is 12.6. The third kappa shape index (κ3) is 3.33. The van der Waals surface area contributed by atoms with Gasteiger partial charge in [0.25, 0.3) is 5.91 Å². The molecule has 4 rings (SSSR count). The van der Waals surface area contributed by atoms with Crippen LogP contribution in [0.15, 0.2) is 42.7 Å².